The van der Waals surface area contributed by atoms with E-state index in [-0.39, 0.29) is 18.3 Å². The third-order valence-corrected chi connectivity index (χ3v) is 7.09. The van der Waals surface area contributed by atoms with Gasteiger partial charge in [-0.2, -0.15) is 0 Å². The molecule has 0 bridgehead atoms. The minimum atomic E-state index is -0.722. The molecule has 1 saturated carbocycles. The van der Waals surface area contributed by atoms with Gasteiger partial charge in [-0.15, -0.1) is 11.8 Å². The number of carbonyl (C=O) groups excluding carboxylic acids is 3. The van der Waals surface area contributed by atoms with Gasteiger partial charge in [0.2, 0.25) is 5.78 Å². The number of benzene rings is 1. The van der Waals surface area contributed by atoms with Gasteiger partial charge in [0.05, 0.1) is 18.1 Å². The fraction of sp³-hybridized carbons (Fsp3) is 0.609. The van der Waals surface area contributed by atoms with E-state index in [0.29, 0.717) is 18.8 Å². The number of para-hydroxylation sites is 1. The van der Waals surface area contributed by atoms with Crippen molar-refractivity contribution in [2.75, 3.05) is 19.0 Å². The summed E-state index contributed by atoms with van der Waals surface area (Å²) in [6.45, 7) is 4.41. The van der Waals surface area contributed by atoms with Crippen molar-refractivity contribution in [3.63, 3.8) is 0 Å². The Labute approximate surface area is 182 Å². The van der Waals surface area contributed by atoms with E-state index < -0.39 is 22.8 Å². The van der Waals surface area contributed by atoms with Crippen LogP contribution in [0.15, 0.2) is 30.3 Å². The Morgan fingerprint density at radius 3 is 2.47 bits per heavy atom. The number of hydrogen-bond acceptors (Lipinski definition) is 6. The van der Waals surface area contributed by atoms with E-state index in [0.717, 1.165) is 37.9 Å². The van der Waals surface area contributed by atoms with Crippen LogP contribution < -0.4 is 4.74 Å². The average Bonchev–Trinajstić information content (AvgIpc) is 3.08. The maximum absolute atomic E-state index is 13.0. The second kappa shape index (κ2) is 10.3. The van der Waals surface area contributed by atoms with Gasteiger partial charge in [0.25, 0.3) is 5.91 Å². The highest BCUT2D eigenvalue weighted by Gasteiger charge is 2.49. The van der Waals surface area contributed by atoms with E-state index in [1.165, 1.54) is 16.7 Å². The van der Waals surface area contributed by atoms with Crippen LogP contribution in [0.1, 0.15) is 52.4 Å². The Kier molecular flexibility index (Phi) is 7.81. The number of nitrogens with zero attached hydrogens (tertiary/aromatic N) is 1. The third kappa shape index (κ3) is 5.56. The van der Waals surface area contributed by atoms with Crippen LogP contribution in [-0.2, 0) is 19.1 Å². The molecule has 1 saturated heterocycles. The number of rotatable bonds is 8. The Morgan fingerprint density at radius 2 is 1.77 bits per heavy atom. The smallest absolute Gasteiger partial charge is 0.329 e. The second-order valence-electron chi connectivity index (χ2n) is 8.33. The first kappa shape index (κ1) is 22.7. The standard InChI is InChI=1S/C23H31NO5S/c1-23(2)24(21(26)20(25)17-10-5-3-6-11-17)19(16-30-23)22(27)29-15-9-14-28-18-12-7-4-8-13-18/h4,7-8,12-13,17,19H,3,5-6,9-11,14-16H2,1-2H3/t19-/m0/s1. The second-order valence-corrected chi connectivity index (χ2v) is 9.95. The summed E-state index contributed by atoms with van der Waals surface area (Å²) in [5.41, 5.74) is 0. The normalized spacial score (nSPS) is 21.3. The summed E-state index contributed by atoms with van der Waals surface area (Å²) in [5, 5.41) is 0. The summed E-state index contributed by atoms with van der Waals surface area (Å²) in [7, 11) is 0. The lowest BCUT2D eigenvalue weighted by molar-refractivity contribution is -0.159. The van der Waals surface area contributed by atoms with Gasteiger partial charge in [-0.25, -0.2) is 4.79 Å². The van der Waals surface area contributed by atoms with Crippen molar-refractivity contribution >= 4 is 29.4 Å². The largest absolute Gasteiger partial charge is 0.493 e. The zero-order chi connectivity index (χ0) is 21.6. The Morgan fingerprint density at radius 1 is 1.07 bits per heavy atom. The monoisotopic (exact) mass is 433 g/mol. The number of ether oxygens (including phenoxy) is 2. The molecule has 1 amide bonds. The summed E-state index contributed by atoms with van der Waals surface area (Å²) in [5.74, 6) is -0.325. The molecule has 0 unspecified atom stereocenters. The molecule has 3 rings (SSSR count). The molecular weight excluding hydrogens is 402 g/mol. The van der Waals surface area contributed by atoms with Crippen molar-refractivity contribution in [2.45, 2.75) is 63.3 Å². The summed E-state index contributed by atoms with van der Waals surface area (Å²) in [6, 6.07) is 8.74. The third-order valence-electron chi connectivity index (χ3n) is 5.71. The summed E-state index contributed by atoms with van der Waals surface area (Å²) in [6.07, 6.45) is 5.17. The first-order chi connectivity index (χ1) is 14.4. The number of hydrogen-bond donors (Lipinski definition) is 0. The SMILES string of the molecule is CC1(C)SC[C@@H](C(=O)OCCCOc2ccccc2)N1C(=O)C(=O)C1CCCCC1. The van der Waals surface area contributed by atoms with E-state index >= 15 is 0 Å². The van der Waals surface area contributed by atoms with Crippen LogP contribution >= 0.6 is 11.8 Å². The zero-order valence-electron chi connectivity index (χ0n) is 17.8. The van der Waals surface area contributed by atoms with Gasteiger partial charge in [-0.1, -0.05) is 37.5 Å². The summed E-state index contributed by atoms with van der Waals surface area (Å²) < 4.78 is 11.0. The lowest BCUT2D eigenvalue weighted by atomic mass is 9.85. The van der Waals surface area contributed by atoms with Gasteiger partial charge in [0.1, 0.15) is 11.8 Å². The maximum Gasteiger partial charge on any atom is 0.329 e. The molecule has 0 radical (unpaired) electrons. The molecule has 1 aromatic carbocycles. The zero-order valence-corrected chi connectivity index (χ0v) is 18.6. The number of Topliss-reactive ketones (excluding diaryl/α,β-unsaturated/α-hetero) is 1. The summed E-state index contributed by atoms with van der Waals surface area (Å²) in [4.78, 5) is 39.4. The first-order valence-corrected chi connectivity index (χ1v) is 11.7. The van der Waals surface area contributed by atoms with Crippen LogP contribution in [0, 0.1) is 5.92 Å². The number of ketones is 1. The lowest BCUT2D eigenvalue weighted by Gasteiger charge is -2.34. The van der Waals surface area contributed by atoms with Crippen LogP contribution in [-0.4, -0.2) is 52.4 Å². The molecule has 0 spiro atoms. The van der Waals surface area contributed by atoms with Crippen LogP contribution in [0.3, 0.4) is 0 Å². The highest BCUT2D eigenvalue weighted by atomic mass is 32.2. The molecule has 1 aliphatic carbocycles. The number of carbonyl (C=O) groups is 3. The van der Waals surface area contributed by atoms with Gasteiger partial charge in [-0.05, 0) is 38.8 Å². The highest BCUT2D eigenvalue weighted by molar-refractivity contribution is 8.00. The van der Waals surface area contributed by atoms with Crippen molar-refractivity contribution in [2.24, 2.45) is 5.92 Å². The fourth-order valence-electron chi connectivity index (χ4n) is 4.05. The number of esters is 1. The predicted molar refractivity (Wildman–Crippen MR) is 116 cm³/mol. The molecule has 6 nitrogen and oxygen atoms in total. The number of thioether (sulfide) groups is 1. The molecule has 30 heavy (non-hydrogen) atoms. The van der Waals surface area contributed by atoms with Crippen molar-refractivity contribution in [3.05, 3.63) is 30.3 Å². The van der Waals surface area contributed by atoms with E-state index in [1.54, 1.807) is 0 Å². The quantitative estimate of drug-likeness (QED) is 0.352. The van der Waals surface area contributed by atoms with Crippen molar-refractivity contribution in [1.29, 1.82) is 0 Å². The molecule has 2 aliphatic rings. The van der Waals surface area contributed by atoms with E-state index in [9.17, 15) is 14.4 Å². The minimum Gasteiger partial charge on any atom is -0.493 e. The van der Waals surface area contributed by atoms with Crippen molar-refractivity contribution in [3.8, 4) is 5.75 Å². The Bertz CT molecular complexity index is 745. The van der Waals surface area contributed by atoms with Crippen LogP contribution in [0.5, 0.6) is 5.75 Å². The van der Waals surface area contributed by atoms with E-state index in [4.69, 9.17) is 9.47 Å². The molecule has 2 fully saturated rings. The Balaban J connectivity index is 1.52. The van der Waals surface area contributed by atoms with Gasteiger partial charge in [0, 0.05) is 18.1 Å². The minimum absolute atomic E-state index is 0.209. The van der Waals surface area contributed by atoms with Crippen molar-refractivity contribution in [1.82, 2.24) is 4.90 Å². The van der Waals surface area contributed by atoms with E-state index in [2.05, 4.69) is 0 Å². The fourth-order valence-corrected chi connectivity index (χ4v) is 5.25. The highest BCUT2D eigenvalue weighted by Crippen LogP contribution is 2.40. The molecule has 1 heterocycles. The van der Waals surface area contributed by atoms with Crippen LogP contribution in [0.25, 0.3) is 0 Å². The maximum atomic E-state index is 13.0. The van der Waals surface area contributed by atoms with Crippen LogP contribution in [0.2, 0.25) is 0 Å². The van der Waals surface area contributed by atoms with E-state index in [1.807, 2.05) is 44.2 Å². The molecule has 164 valence electrons. The topological polar surface area (TPSA) is 72.9 Å². The van der Waals surface area contributed by atoms with Gasteiger partial charge in [0.15, 0.2) is 0 Å². The van der Waals surface area contributed by atoms with Gasteiger partial charge < -0.3 is 14.4 Å². The van der Waals surface area contributed by atoms with Gasteiger partial charge in [-0.3, -0.25) is 9.59 Å². The number of amides is 1. The molecule has 0 aromatic heterocycles. The van der Waals surface area contributed by atoms with Crippen LogP contribution in [0.4, 0.5) is 0 Å². The molecular formula is C23H31NO5S. The Hall–Kier alpha value is -2.02. The predicted octanol–water partition coefficient (Wildman–Crippen LogP) is 3.83. The summed E-state index contributed by atoms with van der Waals surface area (Å²) >= 11 is 1.50. The molecule has 0 N–H and O–H groups in total. The molecule has 7 heteroatoms. The van der Waals surface area contributed by atoms with Gasteiger partial charge >= 0.3 is 5.97 Å². The lowest BCUT2D eigenvalue weighted by Crippen LogP contribution is -2.53. The molecule has 1 atom stereocenters. The van der Waals surface area contributed by atoms with Crippen molar-refractivity contribution < 1.29 is 23.9 Å². The first-order valence-electron chi connectivity index (χ1n) is 10.8. The average molecular weight is 434 g/mol. The molecule has 1 aliphatic heterocycles. The molecule has 1 aromatic rings.